The molecular weight excluding hydrogens is 340 g/mol. The Bertz CT molecular complexity index is 839. The van der Waals surface area contributed by atoms with Gasteiger partial charge in [-0.1, -0.05) is 42.5 Å². The van der Waals surface area contributed by atoms with Crippen molar-refractivity contribution in [3.05, 3.63) is 80.5 Å². The number of benzene rings is 2. The van der Waals surface area contributed by atoms with E-state index in [1.165, 1.54) is 36.1 Å². The highest BCUT2D eigenvalue weighted by molar-refractivity contribution is 9.11. The van der Waals surface area contributed by atoms with Crippen molar-refractivity contribution in [2.24, 2.45) is 0 Å². The molecule has 0 fully saturated rings. The first kappa shape index (κ1) is 13.3. The molecular formula is C19H15BrS. The fraction of sp³-hybridized carbons (Fsp3) is 0.158. The van der Waals surface area contributed by atoms with Crippen molar-refractivity contribution >= 4 is 38.0 Å². The molecule has 0 N–H and O–H groups in total. The van der Waals surface area contributed by atoms with Crippen LogP contribution in [-0.2, 0) is 12.8 Å². The Morgan fingerprint density at radius 3 is 2.86 bits per heavy atom. The molecule has 1 unspecified atom stereocenters. The molecule has 1 atom stereocenters. The molecule has 0 bridgehead atoms. The molecule has 3 aromatic rings. The largest absolute Gasteiger partial charge is 0.132 e. The maximum atomic E-state index is 3.85. The number of thiophene rings is 1. The van der Waals surface area contributed by atoms with Crippen LogP contribution in [0.25, 0.3) is 10.8 Å². The zero-order chi connectivity index (χ0) is 14.4. The Labute approximate surface area is 137 Å². The third kappa shape index (κ3) is 2.09. The van der Waals surface area contributed by atoms with Crippen LogP contribution in [0.3, 0.4) is 0 Å². The monoisotopic (exact) mass is 354 g/mol. The average Bonchev–Trinajstić information content (AvgIpc) is 3.04. The van der Waals surface area contributed by atoms with E-state index in [4.69, 9.17) is 0 Å². The maximum absolute atomic E-state index is 3.85. The van der Waals surface area contributed by atoms with Crippen LogP contribution < -0.4 is 0 Å². The van der Waals surface area contributed by atoms with Gasteiger partial charge in [0.2, 0.25) is 0 Å². The minimum atomic E-state index is 0.506. The fourth-order valence-electron chi connectivity index (χ4n) is 3.39. The van der Waals surface area contributed by atoms with E-state index in [2.05, 4.69) is 65.0 Å². The summed E-state index contributed by atoms with van der Waals surface area (Å²) in [4.78, 5) is 1.46. The van der Waals surface area contributed by atoms with E-state index >= 15 is 0 Å². The van der Waals surface area contributed by atoms with E-state index < -0.39 is 0 Å². The van der Waals surface area contributed by atoms with Crippen LogP contribution in [0.15, 0.2) is 58.9 Å². The van der Waals surface area contributed by atoms with E-state index in [1.54, 1.807) is 0 Å². The lowest BCUT2D eigenvalue weighted by molar-refractivity contribution is 0.866. The summed E-state index contributed by atoms with van der Waals surface area (Å²) in [6.45, 7) is 3.85. The van der Waals surface area contributed by atoms with Crippen LogP contribution in [0.2, 0.25) is 0 Å². The standard InChI is InChI=1S/C19H15BrS/c1-2-5-14-11-17(21-19(14)20)16-10-13-8-3-6-12-7-4-9-15(16)18(12)13/h2-4,6-9,11,16H,1,5,10H2. The van der Waals surface area contributed by atoms with Gasteiger partial charge in [0.1, 0.15) is 0 Å². The van der Waals surface area contributed by atoms with Gasteiger partial charge in [-0.05, 0) is 62.3 Å². The minimum Gasteiger partial charge on any atom is -0.132 e. The summed E-state index contributed by atoms with van der Waals surface area (Å²) >= 11 is 5.58. The van der Waals surface area contributed by atoms with Crippen LogP contribution in [0.1, 0.15) is 27.5 Å². The van der Waals surface area contributed by atoms with Gasteiger partial charge in [0, 0.05) is 10.8 Å². The highest BCUT2D eigenvalue weighted by Gasteiger charge is 2.27. The molecule has 1 aromatic heterocycles. The molecule has 21 heavy (non-hydrogen) atoms. The summed E-state index contributed by atoms with van der Waals surface area (Å²) in [7, 11) is 0. The third-order valence-corrected chi connectivity index (χ3v) is 6.38. The van der Waals surface area contributed by atoms with Gasteiger partial charge in [-0.25, -0.2) is 0 Å². The Hall–Kier alpha value is -1.38. The minimum absolute atomic E-state index is 0.506. The number of hydrogen-bond donors (Lipinski definition) is 0. The second-order valence-electron chi connectivity index (χ2n) is 5.56. The number of halogens is 1. The van der Waals surface area contributed by atoms with E-state index in [1.807, 2.05) is 17.4 Å². The second kappa shape index (κ2) is 5.11. The van der Waals surface area contributed by atoms with E-state index in [0.29, 0.717) is 5.92 Å². The summed E-state index contributed by atoms with van der Waals surface area (Å²) < 4.78 is 1.25. The first-order valence-corrected chi connectivity index (χ1v) is 8.78. The molecule has 1 aliphatic carbocycles. The van der Waals surface area contributed by atoms with Gasteiger partial charge in [0.25, 0.3) is 0 Å². The van der Waals surface area contributed by atoms with Gasteiger partial charge in [-0.3, -0.25) is 0 Å². The molecule has 104 valence electrons. The topological polar surface area (TPSA) is 0 Å². The molecule has 1 aliphatic rings. The number of rotatable bonds is 3. The predicted octanol–water partition coefficient (Wildman–Crippen LogP) is 6.08. The van der Waals surface area contributed by atoms with Gasteiger partial charge in [0.05, 0.1) is 3.79 Å². The normalized spacial score (nSPS) is 16.5. The van der Waals surface area contributed by atoms with Gasteiger partial charge in [-0.2, -0.15) is 0 Å². The molecule has 0 nitrogen and oxygen atoms in total. The first-order chi connectivity index (χ1) is 10.3. The lowest BCUT2D eigenvalue weighted by atomic mass is 9.98. The number of hydrogen-bond acceptors (Lipinski definition) is 1. The fourth-order valence-corrected chi connectivity index (χ4v) is 5.26. The Kier molecular flexibility index (Phi) is 3.24. The summed E-state index contributed by atoms with van der Waals surface area (Å²) in [5, 5.41) is 2.84. The summed E-state index contributed by atoms with van der Waals surface area (Å²) in [5.41, 5.74) is 4.33. The van der Waals surface area contributed by atoms with Crippen LogP contribution in [0.5, 0.6) is 0 Å². The van der Waals surface area contributed by atoms with E-state index in [0.717, 1.165) is 12.8 Å². The van der Waals surface area contributed by atoms with Gasteiger partial charge in [-0.15, -0.1) is 17.9 Å². The molecule has 2 aromatic carbocycles. The van der Waals surface area contributed by atoms with E-state index in [-0.39, 0.29) is 0 Å². The van der Waals surface area contributed by atoms with Gasteiger partial charge in [0.15, 0.2) is 0 Å². The second-order valence-corrected chi connectivity index (χ2v) is 7.96. The summed E-state index contributed by atoms with van der Waals surface area (Å²) in [6, 6.07) is 15.7. The quantitative estimate of drug-likeness (QED) is 0.500. The molecule has 1 heterocycles. The van der Waals surface area contributed by atoms with Crippen molar-refractivity contribution in [1.29, 1.82) is 0 Å². The van der Waals surface area contributed by atoms with Crippen LogP contribution in [0, 0.1) is 0 Å². The predicted molar refractivity (Wildman–Crippen MR) is 95.4 cm³/mol. The van der Waals surface area contributed by atoms with Crippen LogP contribution in [-0.4, -0.2) is 0 Å². The van der Waals surface area contributed by atoms with Crippen molar-refractivity contribution in [3.8, 4) is 0 Å². The maximum Gasteiger partial charge on any atom is 0.0736 e. The Morgan fingerprint density at radius 2 is 2.05 bits per heavy atom. The zero-order valence-corrected chi connectivity index (χ0v) is 14.0. The molecule has 0 amide bonds. The molecule has 0 radical (unpaired) electrons. The highest BCUT2D eigenvalue weighted by atomic mass is 79.9. The Balaban J connectivity index is 1.84. The smallest absolute Gasteiger partial charge is 0.0736 e. The lowest BCUT2D eigenvalue weighted by Gasteiger charge is -2.09. The average molecular weight is 355 g/mol. The molecule has 0 saturated carbocycles. The molecule has 0 saturated heterocycles. The lowest BCUT2D eigenvalue weighted by Crippen LogP contribution is -1.95. The van der Waals surface area contributed by atoms with Crippen molar-refractivity contribution < 1.29 is 0 Å². The zero-order valence-electron chi connectivity index (χ0n) is 11.6. The highest BCUT2D eigenvalue weighted by Crippen LogP contribution is 2.45. The van der Waals surface area contributed by atoms with E-state index in [9.17, 15) is 0 Å². The molecule has 4 rings (SSSR count). The van der Waals surface area contributed by atoms with Crippen LogP contribution in [0.4, 0.5) is 0 Å². The first-order valence-electron chi connectivity index (χ1n) is 7.17. The number of allylic oxidation sites excluding steroid dienone is 1. The Morgan fingerprint density at radius 1 is 1.24 bits per heavy atom. The van der Waals surface area contributed by atoms with Crippen molar-refractivity contribution in [3.63, 3.8) is 0 Å². The molecule has 0 spiro atoms. The molecule has 0 aliphatic heterocycles. The van der Waals surface area contributed by atoms with Gasteiger partial charge < -0.3 is 0 Å². The summed E-state index contributed by atoms with van der Waals surface area (Å²) in [5.74, 6) is 0.506. The van der Waals surface area contributed by atoms with Gasteiger partial charge >= 0.3 is 0 Å². The van der Waals surface area contributed by atoms with Crippen LogP contribution >= 0.6 is 27.3 Å². The summed E-state index contributed by atoms with van der Waals surface area (Å²) in [6.07, 6.45) is 4.03. The van der Waals surface area contributed by atoms with Crippen molar-refractivity contribution in [2.45, 2.75) is 18.8 Å². The molecule has 2 heteroatoms. The van der Waals surface area contributed by atoms with Crippen molar-refractivity contribution in [1.82, 2.24) is 0 Å². The third-order valence-electron chi connectivity index (χ3n) is 4.31. The van der Waals surface area contributed by atoms with Crippen molar-refractivity contribution in [2.75, 3.05) is 0 Å². The SMILES string of the molecule is C=CCc1cc(C2Cc3cccc4cccc2c34)sc1Br.